The zero-order valence-corrected chi connectivity index (χ0v) is 19.0. The minimum absolute atomic E-state index is 0. The van der Waals surface area contributed by atoms with Crippen LogP contribution < -0.4 is 38.1 Å². The number of aromatic amines is 2. The Kier molecular flexibility index (Phi) is 7.73. The molecule has 3 aromatic heterocycles. The summed E-state index contributed by atoms with van der Waals surface area (Å²) in [6.07, 6.45) is 10.6. The molecule has 0 radical (unpaired) electrons. The van der Waals surface area contributed by atoms with Crippen molar-refractivity contribution in [2.24, 2.45) is 0 Å². The van der Waals surface area contributed by atoms with Crippen molar-refractivity contribution < 1.29 is 30.7 Å². The molecule has 0 saturated heterocycles. The van der Waals surface area contributed by atoms with Gasteiger partial charge in [-0.05, 0) is 17.2 Å². The van der Waals surface area contributed by atoms with Crippen LogP contribution in [0.25, 0.3) is 23.1 Å². The van der Waals surface area contributed by atoms with Crippen molar-refractivity contribution in [3.05, 3.63) is 99.0 Å². The lowest BCUT2D eigenvalue weighted by molar-refractivity contribution is -0.694. The zero-order valence-electron chi connectivity index (χ0n) is 17.4. The van der Waals surface area contributed by atoms with Gasteiger partial charge in [-0.25, -0.2) is 9.36 Å². The number of benzene rings is 1. The molecule has 4 rings (SSSR count). The number of hydrogen-bond acceptors (Lipinski definition) is 3. The minimum atomic E-state index is -1.12. The number of fused-ring (bicyclic) bond motifs is 1. The summed E-state index contributed by atoms with van der Waals surface area (Å²) in [5, 5.41) is 3.83. The fraction of sp³-hybridized carbons (Fsp3) is 0.130. The van der Waals surface area contributed by atoms with Crippen molar-refractivity contribution in [1.29, 1.82) is 0 Å². The number of rotatable bonds is 7. The Morgan fingerprint density at radius 2 is 1.88 bits per heavy atom. The molecule has 0 spiro atoms. The number of nitrogens with zero attached hydrogens (tertiary/aromatic N) is 2. The van der Waals surface area contributed by atoms with Gasteiger partial charge in [-0.1, -0.05) is 30.4 Å². The maximum Gasteiger partial charge on any atom is 0.328 e. The van der Waals surface area contributed by atoms with Crippen molar-refractivity contribution in [1.82, 2.24) is 19.9 Å². The van der Waals surface area contributed by atoms with Crippen LogP contribution in [0.2, 0.25) is 0 Å². The van der Waals surface area contributed by atoms with E-state index in [4.69, 9.17) is 0 Å². The largest absolute Gasteiger partial charge is 1.00 e. The van der Waals surface area contributed by atoms with Crippen LogP contribution in [-0.2, 0) is 17.9 Å². The summed E-state index contributed by atoms with van der Waals surface area (Å²) in [7, 11) is 0. The van der Waals surface area contributed by atoms with E-state index in [2.05, 4.69) is 22.4 Å². The van der Waals surface area contributed by atoms with Gasteiger partial charge in [-0.2, -0.15) is 4.39 Å². The fourth-order valence-corrected chi connectivity index (χ4v) is 3.28. The highest BCUT2D eigenvalue weighted by molar-refractivity contribution is 5.91. The third-order valence-electron chi connectivity index (χ3n) is 4.97. The first kappa shape index (κ1) is 23.9. The smallest absolute Gasteiger partial charge is 0.328 e. The predicted octanol–water partition coefficient (Wildman–Crippen LogP) is -1.56. The Bertz CT molecular complexity index is 1410. The third kappa shape index (κ3) is 5.92. The number of amides is 1. The molecule has 8 nitrogen and oxygen atoms in total. The Balaban J connectivity index is 0.00000306. The molecular formula is C23H21BrFN5O3. The molecule has 0 unspecified atom stereocenters. The first-order valence-corrected chi connectivity index (χ1v) is 9.99. The summed E-state index contributed by atoms with van der Waals surface area (Å²) in [5.41, 5.74) is 1.30. The maximum absolute atomic E-state index is 13.3. The summed E-state index contributed by atoms with van der Waals surface area (Å²) in [6.45, 7) is 0.469. The Hall–Kier alpha value is -3.79. The minimum Gasteiger partial charge on any atom is -1.00 e. The molecule has 10 heteroatoms. The van der Waals surface area contributed by atoms with Gasteiger partial charge in [0.15, 0.2) is 18.9 Å². The van der Waals surface area contributed by atoms with E-state index in [0.717, 1.165) is 32.8 Å². The van der Waals surface area contributed by atoms with Crippen LogP contribution in [-0.4, -0.2) is 27.0 Å². The highest BCUT2D eigenvalue weighted by Crippen LogP contribution is 2.19. The number of nitrogens with one attached hydrogen (secondary N) is 3. The molecule has 0 atom stereocenters. The van der Waals surface area contributed by atoms with Gasteiger partial charge in [-0.3, -0.25) is 19.1 Å². The molecule has 0 aliphatic heterocycles. The number of para-hydroxylation sites is 1. The quantitative estimate of drug-likeness (QED) is 0.260. The zero-order chi connectivity index (χ0) is 22.5. The fourth-order valence-electron chi connectivity index (χ4n) is 3.28. The van der Waals surface area contributed by atoms with E-state index < -0.39 is 23.0 Å². The molecular weight excluding hydrogens is 493 g/mol. The lowest BCUT2D eigenvalue weighted by atomic mass is 10.1. The van der Waals surface area contributed by atoms with E-state index in [1.54, 1.807) is 0 Å². The van der Waals surface area contributed by atoms with Crippen molar-refractivity contribution in [2.45, 2.75) is 13.1 Å². The Morgan fingerprint density at radius 3 is 2.67 bits per heavy atom. The van der Waals surface area contributed by atoms with Gasteiger partial charge in [-0.15, -0.1) is 0 Å². The number of carbonyl (C=O) groups is 1. The molecule has 0 bridgehead atoms. The summed E-state index contributed by atoms with van der Waals surface area (Å²) >= 11 is 0. The standard InChI is InChI=1S/C23H20FN5O3.BrH/c24-19-14-29(23(32)27-22(19)31)15-21(30)25-9-12-28-10-7-16(8-11-28)5-6-17-13-26-20-4-2-1-3-18(17)20;/h1-8,10-11,13-14H,9,12,15H2,(H2,25,27,30,31,32);1H. The topological polar surface area (TPSA) is 104 Å². The van der Waals surface area contributed by atoms with Gasteiger partial charge in [0.2, 0.25) is 11.7 Å². The molecule has 0 aliphatic rings. The van der Waals surface area contributed by atoms with Crippen LogP contribution in [0.15, 0.2) is 70.8 Å². The summed E-state index contributed by atoms with van der Waals surface area (Å²) in [4.78, 5) is 39.7. The molecule has 0 saturated carbocycles. The highest BCUT2D eigenvalue weighted by atomic mass is 79.9. The lowest BCUT2D eigenvalue weighted by Crippen LogP contribution is -3.00. The molecule has 3 heterocycles. The van der Waals surface area contributed by atoms with Crippen LogP contribution in [0.5, 0.6) is 0 Å². The van der Waals surface area contributed by atoms with Crippen LogP contribution in [0.1, 0.15) is 11.1 Å². The molecule has 1 aromatic carbocycles. The van der Waals surface area contributed by atoms with E-state index in [-0.39, 0.29) is 23.5 Å². The number of hydrogen-bond donors (Lipinski definition) is 3. The van der Waals surface area contributed by atoms with Crippen LogP contribution in [0.3, 0.4) is 0 Å². The summed E-state index contributed by atoms with van der Waals surface area (Å²) in [5.74, 6) is -1.58. The van der Waals surface area contributed by atoms with Crippen LogP contribution in [0, 0.1) is 5.82 Å². The summed E-state index contributed by atoms with van der Waals surface area (Å²) in [6, 6.07) is 12.0. The molecule has 1 amide bonds. The van der Waals surface area contributed by atoms with E-state index in [9.17, 15) is 18.8 Å². The van der Waals surface area contributed by atoms with Gasteiger partial charge in [0.05, 0.1) is 12.7 Å². The Morgan fingerprint density at radius 1 is 1.12 bits per heavy atom. The van der Waals surface area contributed by atoms with Crippen molar-refractivity contribution in [2.75, 3.05) is 6.54 Å². The molecule has 33 heavy (non-hydrogen) atoms. The van der Waals surface area contributed by atoms with Crippen molar-refractivity contribution in [3.8, 4) is 0 Å². The number of halogens is 2. The molecule has 3 N–H and O–H groups in total. The molecule has 170 valence electrons. The number of H-pyrrole nitrogens is 2. The summed E-state index contributed by atoms with van der Waals surface area (Å²) < 4.78 is 16.0. The molecule has 0 aliphatic carbocycles. The average Bonchev–Trinajstić information content (AvgIpc) is 3.20. The van der Waals surface area contributed by atoms with E-state index >= 15 is 0 Å². The predicted molar refractivity (Wildman–Crippen MR) is 118 cm³/mol. The number of aromatic nitrogens is 4. The van der Waals surface area contributed by atoms with E-state index in [1.165, 1.54) is 0 Å². The third-order valence-corrected chi connectivity index (χ3v) is 4.97. The highest BCUT2D eigenvalue weighted by Gasteiger charge is 2.09. The van der Waals surface area contributed by atoms with Gasteiger partial charge < -0.3 is 27.3 Å². The van der Waals surface area contributed by atoms with Crippen LogP contribution in [0.4, 0.5) is 4.39 Å². The number of pyridine rings is 1. The Labute approximate surface area is 198 Å². The number of carbonyl (C=O) groups excluding carboxylic acids is 1. The second-order valence-corrected chi connectivity index (χ2v) is 7.21. The molecule has 0 fully saturated rings. The van der Waals surface area contributed by atoms with Crippen molar-refractivity contribution >= 4 is 29.0 Å². The first-order chi connectivity index (χ1) is 15.5. The van der Waals surface area contributed by atoms with Crippen molar-refractivity contribution in [3.63, 3.8) is 0 Å². The monoisotopic (exact) mass is 513 g/mol. The van der Waals surface area contributed by atoms with Gasteiger partial charge in [0, 0.05) is 29.2 Å². The van der Waals surface area contributed by atoms with E-state index in [1.807, 2.05) is 64.5 Å². The van der Waals surface area contributed by atoms with E-state index in [0.29, 0.717) is 13.1 Å². The maximum atomic E-state index is 13.3. The first-order valence-electron chi connectivity index (χ1n) is 9.99. The SMILES string of the molecule is O=C(Cn1cc(F)c(=O)[nH]c1=O)NCC[n+]1ccc(/C=C/c2c[nH]c3ccccc23)cc1.[Br-]. The van der Waals surface area contributed by atoms with Gasteiger partial charge >= 0.3 is 5.69 Å². The average molecular weight is 514 g/mol. The van der Waals surface area contributed by atoms with Gasteiger partial charge in [0.25, 0.3) is 5.56 Å². The lowest BCUT2D eigenvalue weighted by Gasteiger charge is -2.05. The molecule has 4 aromatic rings. The second kappa shape index (κ2) is 10.7. The second-order valence-electron chi connectivity index (χ2n) is 7.21. The normalized spacial score (nSPS) is 10.9. The van der Waals surface area contributed by atoms with Crippen LogP contribution >= 0.6 is 0 Å². The van der Waals surface area contributed by atoms with Gasteiger partial charge in [0.1, 0.15) is 6.54 Å².